The number of alkyl carbamates (subject to hydrolysis) is 1. The molecule has 0 spiro atoms. The molecule has 0 radical (unpaired) electrons. The van der Waals surface area contributed by atoms with Crippen LogP contribution >= 0.6 is 0 Å². The van der Waals surface area contributed by atoms with Crippen molar-refractivity contribution in [1.29, 1.82) is 0 Å². The Morgan fingerprint density at radius 3 is 2.54 bits per heavy atom. The van der Waals surface area contributed by atoms with Crippen LogP contribution in [0.4, 0.5) is 4.79 Å². The molecule has 54 heavy (non-hydrogen) atoms. The van der Waals surface area contributed by atoms with E-state index in [2.05, 4.69) is 51.7 Å². The average molecular weight is 745 g/mol. The van der Waals surface area contributed by atoms with Gasteiger partial charge in [0.25, 0.3) is 0 Å². The minimum atomic E-state index is -0.543. The predicted molar refractivity (Wildman–Crippen MR) is 203 cm³/mol. The molecule has 2 N–H and O–H groups in total. The van der Waals surface area contributed by atoms with E-state index in [1.54, 1.807) is 28.9 Å². The van der Waals surface area contributed by atoms with Crippen molar-refractivity contribution in [3.05, 3.63) is 88.5 Å². The second kappa shape index (κ2) is 20.9. The normalized spacial score (nSPS) is 14.7. The number of hydrogen-bond acceptors (Lipinski definition) is 12. The van der Waals surface area contributed by atoms with Gasteiger partial charge in [-0.1, -0.05) is 71.8 Å². The Hall–Kier alpha value is -5.12. The molecule has 0 fully saturated rings. The number of fused-ring (bicyclic) bond motifs is 1. The molecule has 0 saturated carbocycles. The number of phenolic OH excluding ortho intramolecular Hbond substituents is 1. The molecule has 15 nitrogen and oxygen atoms in total. The number of aromatic nitrogens is 6. The zero-order valence-electron chi connectivity index (χ0n) is 31.3. The van der Waals surface area contributed by atoms with E-state index in [0.717, 1.165) is 60.3 Å². The molecule has 5 rings (SSSR count). The van der Waals surface area contributed by atoms with Crippen molar-refractivity contribution in [1.82, 2.24) is 35.3 Å². The van der Waals surface area contributed by atoms with Gasteiger partial charge in [0.2, 0.25) is 0 Å². The van der Waals surface area contributed by atoms with E-state index in [1.165, 1.54) is 0 Å². The monoisotopic (exact) mass is 744 g/mol. The fourth-order valence-electron chi connectivity index (χ4n) is 6.35. The number of carbonyl (C=O) groups excluding carboxylic acids is 1. The van der Waals surface area contributed by atoms with Crippen LogP contribution in [0.3, 0.4) is 0 Å². The lowest BCUT2D eigenvalue weighted by molar-refractivity contribution is -0.0635. The topological polar surface area (TPSA) is 169 Å². The number of hydrogen-bond donors (Lipinski definition) is 2. The van der Waals surface area contributed by atoms with E-state index in [4.69, 9.17) is 23.8 Å². The van der Waals surface area contributed by atoms with Gasteiger partial charge in [0.05, 0.1) is 68.8 Å². The molecule has 15 heteroatoms. The van der Waals surface area contributed by atoms with Crippen molar-refractivity contribution in [2.45, 2.75) is 83.8 Å². The molecule has 290 valence electrons. The Morgan fingerprint density at radius 2 is 1.72 bits per heavy atom. The highest BCUT2D eigenvalue weighted by Crippen LogP contribution is 2.38. The van der Waals surface area contributed by atoms with Crippen molar-refractivity contribution in [2.75, 3.05) is 39.6 Å². The number of nitrogens with zero attached hydrogens (tertiary/aromatic N) is 7. The van der Waals surface area contributed by atoms with Crippen LogP contribution in [0, 0.1) is 0 Å². The first kappa shape index (κ1) is 40.1. The highest BCUT2D eigenvalue weighted by atomic mass is 16.6. The molecule has 0 saturated heterocycles. The van der Waals surface area contributed by atoms with Gasteiger partial charge in [-0.2, -0.15) is 0 Å². The molecule has 2 heterocycles. The van der Waals surface area contributed by atoms with E-state index in [0.29, 0.717) is 58.4 Å². The van der Waals surface area contributed by atoms with Crippen LogP contribution in [-0.4, -0.2) is 93.1 Å². The summed E-state index contributed by atoms with van der Waals surface area (Å²) in [5, 5.41) is 33.4. The summed E-state index contributed by atoms with van der Waals surface area (Å²) in [7, 11) is 0. The number of ether oxygens (including phenoxy) is 4. The molecule has 1 unspecified atom stereocenters. The van der Waals surface area contributed by atoms with Crippen molar-refractivity contribution >= 4 is 25.0 Å². The molecular weight excluding hydrogens is 692 g/mol. The third kappa shape index (κ3) is 12.2. The Balaban J connectivity index is 1.05. The van der Waals surface area contributed by atoms with Crippen LogP contribution in [0.25, 0.3) is 12.2 Å². The van der Waals surface area contributed by atoms with Crippen molar-refractivity contribution in [2.24, 2.45) is 5.16 Å². The predicted octanol–water partition coefficient (Wildman–Crippen LogP) is 5.53. The molecule has 2 aromatic carbocycles. The summed E-state index contributed by atoms with van der Waals surface area (Å²) in [6, 6.07) is 16.8. The molecule has 1 amide bonds. The lowest BCUT2D eigenvalue weighted by Crippen LogP contribution is -2.35. The van der Waals surface area contributed by atoms with Gasteiger partial charge in [-0.25, -0.2) is 14.2 Å². The van der Waals surface area contributed by atoms with Crippen molar-refractivity contribution in [3.8, 4) is 5.75 Å². The van der Waals surface area contributed by atoms with Gasteiger partial charge in [0.15, 0.2) is 0 Å². The van der Waals surface area contributed by atoms with E-state index in [9.17, 15) is 9.90 Å². The molecule has 1 aliphatic rings. The Kier molecular flexibility index (Phi) is 15.5. The maximum Gasteiger partial charge on any atom is 0.407 e. The zero-order chi connectivity index (χ0) is 38.0. The van der Waals surface area contributed by atoms with E-state index in [-0.39, 0.29) is 24.9 Å². The van der Waals surface area contributed by atoms with Gasteiger partial charge >= 0.3 is 6.09 Å². The van der Waals surface area contributed by atoms with Gasteiger partial charge in [-0.15, -0.1) is 15.4 Å². The van der Waals surface area contributed by atoms with Crippen LogP contribution < -0.4 is 5.32 Å². The van der Waals surface area contributed by atoms with Crippen LogP contribution in [0.5, 0.6) is 5.75 Å². The Bertz CT molecular complexity index is 1760. The fourth-order valence-corrected chi connectivity index (χ4v) is 6.35. The van der Waals surface area contributed by atoms with Gasteiger partial charge in [0, 0.05) is 19.2 Å². The SMILES string of the molecule is C=NOCCOC(C)(C)C1CCCCCc2c1nnn2CCOCCNC(=O)OCCn1nnc(COCc2ccc(O)cc2)c1/C=C/c1ccccc1. The Labute approximate surface area is 316 Å². The molecule has 1 atom stereocenters. The number of nitrogens with one attached hydrogen (secondary N) is 1. The van der Waals surface area contributed by atoms with Gasteiger partial charge in [0.1, 0.15) is 24.7 Å². The van der Waals surface area contributed by atoms with Gasteiger partial charge in [-0.3, -0.25) is 0 Å². The number of phenols is 1. The summed E-state index contributed by atoms with van der Waals surface area (Å²) in [6.07, 6.45) is 8.58. The molecule has 2 aromatic heterocycles. The minimum absolute atomic E-state index is 0.0933. The second-order valence-electron chi connectivity index (χ2n) is 13.4. The maximum atomic E-state index is 12.5. The first-order valence-electron chi connectivity index (χ1n) is 18.5. The fraction of sp³-hybridized carbons (Fsp3) is 0.487. The highest BCUT2D eigenvalue weighted by molar-refractivity contribution is 5.69. The van der Waals surface area contributed by atoms with E-state index >= 15 is 0 Å². The van der Waals surface area contributed by atoms with Crippen LogP contribution in [-0.2, 0) is 56.5 Å². The standard InChI is InChI=1S/C39H52N8O7/c1-39(2,53-26-27-54-40-3)33-12-8-5-9-13-36-37(33)43-45-47(36)21-24-50-23-20-41-38(49)52-25-22-46-35(19-16-30-10-6-4-7-11-30)34(42-44-46)29-51-28-31-14-17-32(48)18-15-31/h4,6-7,10-11,14-19,33,48H,3,5,8-9,12-13,20-29H2,1-2H3,(H,41,49)/b19-16+. The quantitative estimate of drug-likeness (QED) is 0.0625. The number of amides is 1. The number of carbonyl (C=O) groups is 1. The first-order valence-corrected chi connectivity index (χ1v) is 18.5. The second-order valence-corrected chi connectivity index (χ2v) is 13.4. The third-order valence-electron chi connectivity index (χ3n) is 9.21. The average Bonchev–Trinajstić information content (AvgIpc) is 3.73. The van der Waals surface area contributed by atoms with Crippen LogP contribution in [0.2, 0.25) is 0 Å². The molecule has 0 aliphatic heterocycles. The summed E-state index contributed by atoms with van der Waals surface area (Å²) in [5.41, 5.74) is 5.03. The van der Waals surface area contributed by atoms with Crippen molar-refractivity contribution < 1.29 is 33.7 Å². The summed E-state index contributed by atoms with van der Waals surface area (Å²) >= 11 is 0. The van der Waals surface area contributed by atoms with Crippen molar-refractivity contribution in [3.63, 3.8) is 0 Å². The van der Waals surface area contributed by atoms with Gasteiger partial charge < -0.3 is 34.2 Å². The largest absolute Gasteiger partial charge is 0.508 e. The Morgan fingerprint density at radius 1 is 0.926 bits per heavy atom. The summed E-state index contributed by atoms with van der Waals surface area (Å²) in [5.74, 6) is 0.309. The molecule has 4 aromatic rings. The molecule has 0 bridgehead atoms. The van der Waals surface area contributed by atoms with Crippen LogP contribution in [0.1, 0.15) is 79.4 Å². The highest BCUT2D eigenvalue weighted by Gasteiger charge is 2.36. The maximum absolute atomic E-state index is 12.5. The smallest absolute Gasteiger partial charge is 0.407 e. The summed E-state index contributed by atoms with van der Waals surface area (Å²) < 4.78 is 27.0. The lowest BCUT2D eigenvalue weighted by atomic mass is 9.80. The number of aromatic hydroxyl groups is 1. The summed E-state index contributed by atoms with van der Waals surface area (Å²) in [4.78, 5) is 17.4. The van der Waals surface area contributed by atoms with E-state index in [1.807, 2.05) is 47.2 Å². The molecular formula is C39H52N8O7. The van der Waals surface area contributed by atoms with Gasteiger partial charge in [-0.05, 0) is 62.4 Å². The van der Waals surface area contributed by atoms with E-state index < -0.39 is 11.7 Å². The molecule has 1 aliphatic carbocycles. The first-order chi connectivity index (χ1) is 26.3. The minimum Gasteiger partial charge on any atom is -0.508 e. The lowest BCUT2D eigenvalue weighted by Gasteiger charge is -2.34. The summed E-state index contributed by atoms with van der Waals surface area (Å²) in [6.45, 7) is 10.9. The third-order valence-corrected chi connectivity index (χ3v) is 9.21. The van der Waals surface area contributed by atoms with Crippen LogP contribution in [0.15, 0.2) is 59.8 Å². The number of benzene rings is 2. The zero-order valence-corrected chi connectivity index (χ0v) is 31.3. The number of oxime groups is 1. The number of rotatable bonds is 21.